The number of aromatic carboxylic acids is 1. The number of carboxylic acid groups (broad SMARTS) is 1. The topological polar surface area (TPSA) is 84.9 Å². The summed E-state index contributed by atoms with van der Waals surface area (Å²) < 4.78 is 9.93. The first-order chi connectivity index (χ1) is 9.08. The Balaban J connectivity index is 2.77. The van der Waals surface area contributed by atoms with Gasteiger partial charge in [0.2, 0.25) is 5.91 Å². The molecule has 1 aromatic rings. The molecule has 6 nitrogen and oxygen atoms in total. The molecule has 0 atom stereocenters. The summed E-state index contributed by atoms with van der Waals surface area (Å²) in [7, 11) is 3.02. The first-order valence-electron chi connectivity index (χ1n) is 5.78. The van der Waals surface area contributed by atoms with E-state index in [2.05, 4.69) is 5.32 Å². The fraction of sp³-hybridized carbons (Fsp3) is 0.385. The second-order valence-electron chi connectivity index (χ2n) is 3.86. The van der Waals surface area contributed by atoms with Gasteiger partial charge in [-0.1, -0.05) is 0 Å². The maximum Gasteiger partial charge on any atom is 0.335 e. The van der Waals surface area contributed by atoms with Crippen LogP contribution in [0.4, 0.5) is 5.69 Å². The minimum Gasteiger partial charge on any atom is -0.495 e. The normalized spacial score (nSPS) is 10.0. The van der Waals surface area contributed by atoms with Gasteiger partial charge in [0.1, 0.15) is 5.75 Å². The zero-order valence-electron chi connectivity index (χ0n) is 10.9. The van der Waals surface area contributed by atoms with Crippen LogP contribution < -0.4 is 10.1 Å². The molecule has 0 saturated carbocycles. The monoisotopic (exact) mass is 267 g/mol. The van der Waals surface area contributed by atoms with Gasteiger partial charge in [-0.15, -0.1) is 0 Å². The minimum atomic E-state index is -1.06. The highest BCUT2D eigenvalue weighted by molar-refractivity contribution is 5.95. The van der Waals surface area contributed by atoms with Crippen LogP contribution in [0.3, 0.4) is 0 Å². The van der Waals surface area contributed by atoms with Gasteiger partial charge in [0.25, 0.3) is 0 Å². The summed E-state index contributed by atoms with van der Waals surface area (Å²) in [6.07, 6.45) is 0.900. The number of hydrogen-bond donors (Lipinski definition) is 2. The van der Waals surface area contributed by atoms with Gasteiger partial charge in [-0.3, -0.25) is 4.79 Å². The fourth-order valence-corrected chi connectivity index (χ4v) is 1.53. The first-order valence-corrected chi connectivity index (χ1v) is 5.78. The molecule has 0 radical (unpaired) electrons. The average Bonchev–Trinajstić information content (AvgIpc) is 2.38. The van der Waals surface area contributed by atoms with Gasteiger partial charge < -0.3 is 19.9 Å². The third kappa shape index (κ3) is 4.59. The third-order valence-corrected chi connectivity index (χ3v) is 2.47. The van der Waals surface area contributed by atoms with Crippen LogP contribution in [-0.4, -0.2) is 37.8 Å². The highest BCUT2D eigenvalue weighted by atomic mass is 16.5. The smallest absolute Gasteiger partial charge is 0.335 e. The van der Waals surface area contributed by atoms with Gasteiger partial charge in [-0.25, -0.2) is 4.79 Å². The molecule has 0 aromatic heterocycles. The largest absolute Gasteiger partial charge is 0.495 e. The molecule has 0 aliphatic heterocycles. The van der Waals surface area contributed by atoms with E-state index in [9.17, 15) is 9.59 Å². The van der Waals surface area contributed by atoms with Gasteiger partial charge in [0.15, 0.2) is 0 Å². The van der Waals surface area contributed by atoms with Crippen LogP contribution in [0.2, 0.25) is 0 Å². The minimum absolute atomic E-state index is 0.0907. The summed E-state index contributed by atoms with van der Waals surface area (Å²) in [5.74, 6) is -0.847. The van der Waals surface area contributed by atoms with Crippen molar-refractivity contribution in [1.82, 2.24) is 0 Å². The number of benzene rings is 1. The molecule has 1 rings (SSSR count). The Kier molecular flexibility index (Phi) is 5.81. The van der Waals surface area contributed by atoms with Crippen LogP contribution >= 0.6 is 0 Å². The fourth-order valence-electron chi connectivity index (χ4n) is 1.53. The van der Waals surface area contributed by atoms with Crippen molar-refractivity contribution in [2.45, 2.75) is 12.8 Å². The Morgan fingerprint density at radius 3 is 2.63 bits per heavy atom. The van der Waals surface area contributed by atoms with E-state index < -0.39 is 5.97 Å². The number of nitrogens with one attached hydrogen (secondary N) is 1. The third-order valence-electron chi connectivity index (χ3n) is 2.47. The number of methoxy groups -OCH3 is 2. The van der Waals surface area contributed by atoms with Crippen molar-refractivity contribution in [2.75, 3.05) is 26.1 Å². The molecule has 0 aliphatic rings. The molecule has 0 aliphatic carbocycles. The lowest BCUT2D eigenvalue weighted by Crippen LogP contribution is -2.13. The van der Waals surface area contributed by atoms with Crippen LogP contribution in [0, 0.1) is 0 Å². The Bertz CT molecular complexity index is 458. The number of anilines is 1. The van der Waals surface area contributed by atoms with E-state index in [1.807, 2.05) is 0 Å². The van der Waals surface area contributed by atoms with E-state index in [0.717, 1.165) is 0 Å². The molecule has 1 amide bonds. The van der Waals surface area contributed by atoms with Crippen LogP contribution in [0.5, 0.6) is 5.75 Å². The number of ether oxygens (including phenoxy) is 2. The van der Waals surface area contributed by atoms with Crippen LogP contribution in [0.15, 0.2) is 18.2 Å². The molecule has 0 heterocycles. The van der Waals surface area contributed by atoms with Gasteiger partial charge in [0, 0.05) is 20.1 Å². The predicted octanol–water partition coefficient (Wildman–Crippen LogP) is 1.76. The van der Waals surface area contributed by atoms with Crippen LogP contribution in [0.1, 0.15) is 23.2 Å². The summed E-state index contributed by atoms with van der Waals surface area (Å²) in [6.45, 7) is 0.500. The SMILES string of the molecule is COCCCC(=O)Nc1cc(C(=O)O)ccc1OC. The highest BCUT2D eigenvalue weighted by Gasteiger charge is 2.11. The molecule has 1 aromatic carbocycles. The molecule has 0 saturated heterocycles. The number of amides is 1. The zero-order valence-corrected chi connectivity index (χ0v) is 10.9. The summed E-state index contributed by atoms with van der Waals surface area (Å²) in [5, 5.41) is 11.5. The van der Waals surface area contributed by atoms with E-state index in [0.29, 0.717) is 30.9 Å². The van der Waals surface area contributed by atoms with Crippen molar-refractivity contribution in [3.05, 3.63) is 23.8 Å². The lowest BCUT2D eigenvalue weighted by Gasteiger charge is -2.11. The van der Waals surface area contributed by atoms with E-state index >= 15 is 0 Å². The molecular formula is C13H17NO5. The molecule has 0 spiro atoms. The summed E-state index contributed by atoms with van der Waals surface area (Å²) in [6, 6.07) is 4.30. The van der Waals surface area contributed by atoms with Gasteiger partial charge in [0.05, 0.1) is 18.4 Å². The Hall–Kier alpha value is -2.08. The number of rotatable bonds is 7. The maximum absolute atomic E-state index is 11.7. The van der Waals surface area contributed by atoms with Gasteiger partial charge >= 0.3 is 5.97 Å². The standard InChI is InChI=1S/C13H17NO5/c1-18-7-3-4-12(15)14-10-8-9(13(16)17)5-6-11(10)19-2/h5-6,8H,3-4,7H2,1-2H3,(H,14,15)(H,16,17). The van der Waals surface area contributed by atoms with Crippen molar-refractivity contribution < 1.29 is 24.2 Å². The molecule has 104 valence electrons. The molecule has 2 N–H and O–H groups in total. The molecule has 0 unspecified atom stereocenters. The van der Waals surface area contributed by atoms with Crippen LogP contribution in [-0.2, 0) is 9.53 Å². The summed E-state index contributed by atoms with van der Waals surface area (Å²) in [5.41, 5.74) is 0.442. The second-order valence-corrected chi connectivity index (χ2v) is 3.86. The Morgan fingerprint density at radius 1 is 1.32 bits per heavy atom. The molecule has 19 heavy (non-hydrogen) atoms. The van der Waals surface area contributed by atoms with Crippen LogP contribution in [0.25, 0.3) is 0 Å². The van der Waals surface area contributed by atoms with Gasteiger partial charge in [-0.2, -0.15) is 0 Å². The first kappa shape index (κ1) is 15.0. The molecular weight excluding hydrogens is 250 g/mol. The van der Waals surface area contributed by atoms with E-state index in [1.165, 1.54) is 25.3 Å². The van der Waals surface area contributed by atoms with Gasteiger partial charge in [-0.05, 0) is 24.6 Å². The molecule has 6 heteroatoms. The quantitative estimate of drug-likeness (QED) is 0.735. The van der Waals surface area contributed by atoms with E-state index in [4.69, 9.17) is 14.6 Å². The predicted molar refractivity (Wildman–Crippen MR) is 69.7 cm³/mol. The lowest BCUT2D eigenvalue weighted by atomic mass is 10.2. The number of hydrogen-bond acceptors (Lipinski definition) is 4. The van der Waals surface area contributed by atoms with Crippen molar-refractivity contribution >= 4 is 17.6 Å². The average molecular weight is 267 g/mol. The lowest BCUT2D eigenvalue weighted by molar-refractivity contribution is -0.116. The number of carboxylic acids is 1. The number of carbonyl (C=O) groups is 2. The van der Waals surface area contributed by atoms with Crippen molar-refractivity contribution in [3.63, 3.8) is 0 Å². The van der Waals surface area contributed by atoms with Crippen molar-refractivity contribution in [3.8, 4) is 5.75 Å². The van der Waals surface area contributed by atoms with E-state index in [1.54, 1.807) is 7.11 Å². The molecule has 0 fully saturated rings. The second kappa shape index (κ2) is 7.38. The van der Waals surface area contributed by atoms with Crippen molar-refractivity contribution in [2.24, 2.45) is 0 Å². The maximum atomic E-state index is 11.7. The molecule has 0 bridgehead atoms. The van der Waals surface area contributed by atoms with E-state index in [-0.39, 0.29) is 11.5 Å². The van der Waals surface area contributed by atoms with Crippen molar-refractivity contribution in [1.29, 1.82) is 0 Å². The Labute approximate surface area is 111 Å². The highest BCUT2D eigenvalue weighted by Crippen LogP contribution is 2.25. The summed E-state index contributed by atoms with van der Waals surface area (Å²) >= 11 is 0. The summed E-state index contributed by atoms with van der Waals surface area (Å²) in [4.78, 5) is 22.5. The zero-order chi connectivity index (χ0) is 14.3. The number of carbonyl (C=O) groups excluding carboxylic acids is 1. The Morgan fingerprint density at radius 2 is 2.05 bits per heavy atom.